The number of unbranched alkanes of at least 4 members (excludes halogenated alkanes) is 3. The van der Waals surface area contributed by atoms with Gasteiger partial charge in [-0.05, 0) is 45.6 Å². The minimum absolute atomic E-state index is 0.0766. The van der Waals surface area contributed by atoms with Crippen molar-refractivity contribution in [2.75, 3.05) is 13.2 Å². The van der Waals surface area contributed by atoms with Gasteiger partial charge in [0.1, 0.15) is 6.61 Å². The number of hydrogen-bond donors (Lipinski definition) is 0. The first kappa shape index (κ1) is 18.5. The fourth-order valence-electron chi connectivity index (χ4n) is 1.54. The van der Waals surface area contributed by atoms with Crippen molar-refractivity contribution in [3.8, 4) is 12.3 Å². The monoisotopic (exact) mass is 278 g/mol. The van der Waals surface area contributed by atoms with Gasteiger partial charge < -0.3 is 9.47 Å². The lowest BCUT2D eigenvalue weighted by molar-refractivity contribution is -0.141. The fourth-order valence-corrected chi connectivity index (χ4v) is 1.54. The fraction of sp³-hybridized carbons (Fsp3) is 0.588. The number of allylic oxidation sites excluding steroid dienone is 3. The van der Waals surface area contributed by atoms with Gasteiger partial charge in [0.05, 0.1) is 6.10 Å². The van der Waals surface area contributed by atoms with E-state index in [0.29, 0.717) is 6.61 Å². The van der Waals surface area contributed by atoms with Crippen LogP contribution in [-0.4, -0.2) is 25.3 Å². The average Bonchev–Trinajstić information content (AvgIpc) is 2.35. The number of esters is 1. The van der Waals surface area contributed by atoms with E-state index >= 15 is 0 Å². The van der Waals surface area contributed by atoms with Gasteiger partial charge in [-0.3, -0.25) is 0 Å². The maximum absolute atomic E-state index is 11.4. The molecule has 0 spiro atoms. The molecule has 20 heavy (non-hydrogen) atoms. The van der Waals surface area contributed by atoms with Crippen LogP contribution in [0.4, 0.5) is 0 Å². The Balaban J connectivity index is 3.66. The van der Waals surface area contributed by atoms with E-state index in [2.05, 4.69) is 12.0 Å². The van der Waals surface area contributed by atoms with Crippen LogP contribution in [0, 0.1) is 12.3 Å². The zero-order chi connectivity index (χ0) is 15.2. The summed E-state index contributed by atoms with van der Waals surface area (Å²) in [6.45, 7) is 6.70. The van der Waals surface area contributed by atoms with Gasteiger partial charge in [-0.25, -0.2) is 4.79 Å². The van der Waals surface area contributed by atoms with Gasteiger partial charge in [-0.1, -0.05) is 24.5 Å². The molecular weight excluding hydrogens is 252 g/mol. The summed E-state index contributed by atoms with van der Waals surface area (Å²) in [5.41, 5.74) is 0.910. The van der Waals surface area contributed by atoms with Crippen molar-refractivity contribution in [1.82, 2.24) is 0 Å². The molecule has 0 aromatic heterocycles. The van der Waals surface area contributed by atoms with Crippen molar-refractivity contribution in [2.45, 2.75) is 52.6 Å². The average molecular weight is 278 g/mol. The summed E-state index contributed by atoms with van der Waals surface area (Å²) >= 11 is 0. The standard InChI is InChI=1S/C17H26O3/c1-5-12-19-13-10-8-6-7-9-11-16(4)14-17(18)20-15(2)3/h1,9,11,14-15H,6-8,10,12-13H2,2-4H3/b11-9+,16-14+. The molecule has 0 heterocycles. The van der Waals surface area contributed by atoms with Crippen LogP contribution in [0.3, 0.4) is 0 Å². The highest BCUT2D eigenvalue weighted by Gasteiger charge is 2.00. The molecule has 0 radical (unpaired) electrons. The predicted molar refractivity (Wildman–Crippen MR) is 82.2 cm³/mol. The number of carbonyl (C=O) groups is 1. The van der Waals surface area contributed by atoms with E-state index in [1.54, 1.807) is 0 Å². The summed E-state index contributed by atoms with van der Waals surface area (Å²) in [7, 11) is 0. The maximum Gasteiger partial charge on any atom is 0.331 e. The molecule has 0 unspecified atom stereocenters. The SMILES string of the molecule is C#CCOCCCCC/C=C/C(C)=C/C(=O)OC(C)C. The van der Waals surface area contributed by atoms with Crippen LogP contribution >= 0.6 is 0 Å². The lowest BCUT2D eigenvalue weighted by Gasteiger charge is -2.04. The van der Waals surface area contributed by atoms with Crippen molar-refractivity contribution in [1.29, 1.82) is 0 Å². The second kappa shape index (κ2) is 12.5. The molecule has 0 aromatic carbocycles. The Labute approximate surface area is 123 Å². The Morgan fingerprint density at radius 2 is 2.05 bits per heavy atom. The van der Waals surface area contributed by atoms with Gasteiger partial charge in [0, 0.05) is 12.7 Å². The Hall–Kier alpha value is -1.53. The van der Waals surface area contributed by atoms with E-state index in [4.69, 9.17) is 15.9 Å². The molecule has 0 amide bonds. The van der Waals surface area contributed by atoms with Crippen LogP contribution < -0.4 is 0 Å². The Morgan fingerprint density at radius 1 is 1.30 bits per heavy atom. The van der Waals surface area contributed by atoms with E-state index in [1.807, 2.05) is 26.8 Å². The summed E-state index contributed by atoms with van der Waals surface area (Å²) in [4.78, 5) is 11.4. The second-order valence-electron chi connectivity index (χ2n) is 4.88. The molecule has 0 aliphatic carbocycles. The Kier molecular flexibility index (Phi) is 11.5. The van der Waals surface area contributed by atoms with Gasteiger partial charge in [0.2, 0.25) is 0 Å². The third kappa shape index (κ3) is 12.9. The largest absolute Gasteiger partial charge is 0.460 e. The predicted octanol–water partition coefficient (Wildman–Crippen LogP) is 3.65. The van der Waals surface area contributed by atoms with E-state index in [-0.39, 0.29) is 12.1 Å². The first-order valence-electron chi connectivity index (χ1n) is 7.13. The number of ether oxygens (including phenoxy) is 2. The molecule has 0 saturated carbocycles. The highest BCUT2D eigenvalue weighted by molar-refractivity contribution is 5.83. The van der Waals surface area contributed by atoms with Crippen LogP contribution in [0.15, 0.2) is 23.8 Å². The molecule has 0 aromatic rings. The third-order valence-corrected chi connectivity index (χ3v) is 2.42. The van der Waals surface area contributed by atoms with Crippen LogP contribution in [0.5, 0.6) is 0 Å². The molecule has 0 bridgehead atoms. The third-order valence-electron chi connectivity index (χ3n) is 2.42. The van der Waals surface area contributed by atoms with Crippen LogP contribution in [0.2, 0.25) is 0 Å². The highest BCUT2D eigenvalue weighted by atomic mass is 16.5. The van der Waals surface area contributed by atoms with E-state index in [0.717, 1.165) is 37.9 Å². The van der Waals surface area contributed by atoms with E-state index < -0.39 is 0 Å². The molecule has 0 aliphatic rings. The van der Waals surface area contributed by atoms with Crippen molar-refractivity contribution in [3.63, 3.8) is 0 Å². The number of terminal acetylenes is 1. The molecule has 0 aliphatic heterocycles. The normalized spacial score (nSPS) is 11.8. The zero-order valence-electron chi connectivity index (χ0n) is 12.9. The summed E-state index contributed by atoms with van der Waals surface area (Å²) in [6.07, 6.45) is 14.8. The quantitative estimate of drug-likeness (QED) is 0.201. The molecule has 0 N–H and O–H groups in total. The van der Waals surface area contributed by atoms with Gasteiger partial charge in [-0.2, -0.15) is 0 Å². The topological polar surface area (TPSA) is 35.5 Å². The summed E-state index contributed by atoms with van der Waals surface area (Å²) in [5.74, 6) is 2.16. The minimum atomic E-state index is -0.284. The second-order valence-corrected chi connectivity index (χ2v) is 4.88. The van der Waals surface area contributed by atoms with E-state index in [1.165, 1.54) is 6.08 Å². The molecular formula is C17H26O3. The van der Waals surface area contributed by atoms with Gasteiger partial charge in [-0.15, -0.1) is 6.42 Å². The van der Waals surface area contributed by atoms with Crippen LogP contribution in [0.25, 0.3) is 0 Å². The van der Waals surface area contributed by atoms with E-state index in [9.17, 15) is 4.79 Å². The smallest absolute Gasteiger partial charge is 0.331 e. The summed E-state index contributed by atoms with van der Waals surface area (Å²) in [6, 6.07) is 0. The molecule has 0 rings (SSSR count). The molecule has 0 saturated heterocycles. The Morgan fingerprint density at radius 3 is 2.70 bits per heavy atom. The first-order chi connectivity index (χ1) is 9.56. The lowest BCUT2D eigenvalue weighted by Crippen LogP contribution is -2.08. The molecule has 3 nitrogen and oxygen atoms in total. The zero-order valence-corrected chi connectivity index (χ0v) is 12.9. The molecule has 0 atom stereocenters. The molecule has 112 valence electrons. The van der Waals surface area contributed by atoms with Crippen molar-refractivity contribution < 1.29 is 14.3 Å². The lowest BCUT2D eigenvalue weighted by atomic mass is 10.1. The molecule has 3 heteroatoms. The Bertz CT molecular complexity index is 359. The van der Waals surface area contributed by atoms with Crippen molar-refractivity contribution in [2.24, 2.45) is 0 Å². The highest BCUT2D eigenvalue weighted by Crippen LogP contribution is 2.04. The number of rotatable bonds is 10. The van der Waals surface area contributed by atoms with Gasteiger partial charge in [0.25, 0.3) is 0 Å². The minimum Gasteiger partial charge on any atom is -0.460 e. The van der Waals surface area contributed by atoms with Crippen LogP contribution in [0.1, 0.15) is 46.5 Å². The number of hydrogen-bond acceptors (Lipinski definition) is 3. The first-order valence-corrected chi connectivity index (χ1v) is 7.13. The van der Waals surface area contributed by atoms with Crippen molar-refractivity contribution in [3.05, 3.63) is 23.8 Å². The van der Waals surface area contributed by atoms with Crippen LogP contribution in [-0.2, 0) is 14.3 Å². The summed E-state index contributed by atoms with van der Waals surface area (Å²) < 4.78 is 10.2. The summed E-state index contributed by atoms with van der Waals surface area (Å²) in [5, 5.41) is 0. The van der Waals surface area contributed by atoms with Crippen molar-refractivity contribution >= 4 is 5.97 Å². The molecule has 0 fully saturated rings. The van der Waals surface area contributed by atoms with Gasteiger partial charge in [0.15, 0.2) is 0 Å². The maximum atomic E-state index is 11.4. The van der Waals surface area contributed by atoms with Gasteiger partial charge >= 0.3 is 5.97 Å². The number of carbonyl (C=O) groups excluding carboxylic acids is 1.